The van der Waals surface area contributed by atoms with Gasteiger partial charge in [-0.3, -0.25) is 15.1 Å². The Kier molecular flexibility index (Phi) is 4.85. The maximum atomic E-state index is 12.4. The van der Waals surface area contributed by atoms with Gasteiger partial charge in [0.15, 0.2) is 0 Å². The fourth-order valence-electron chi connectivity index (χ4n) is 2.24. The number of carbonyl (C=O) groups is 2. The van der Waals surface area contributed by atoms with E-state index in [4.69, 9.17) is 17.3 Å². The number of hydrogen-bond donors (Lipinski definition) is 2. The molecule has 0 unspecified atom stereocenters. The topological polar surface area (TPSA) is 112 Å². The van der Waals surface area contributed by atoms with Crippen LogP contribution in [0.1, 0.15) is 16.1 Å². The van der Waals surface area contributed by atoms with Crippen molar-refractivity contribution < 1.29 is 14.3 Å². The van der Waals surface area contributed by atoms with Crippen molar-refractivity contribution in [3.8, 4) is 5.69 Å². The molecule has 0 aliphatic carbocycles. The molecule has 0 fully saturated rings. The number of carbonyl (C=O) groups excluding carboxylic acids is 2. The van der Waals surface area contributed by atoms with Crippen LogP contribution in [0.4, 0.5) is 16.2 Å². The van der Waals surface area contributed by atoms with E-state index in [0.717, 1.165) is 0 Å². The zero-order chi connectivity index (χ0) is 18.7. The number of rotatable bonds is 4. The van der Waals surface area contributed by atoms with Gasteiger partial charge in [0, 0.05) is 18.1 Å². The number of nitrogen functional groups attached to an aromatic ring is 1. The van der Waals surface area contributed by atoms with Gasteiger partial charge in [-0.05, 0) is 30.3 Å². The van der Waals surface area contributed by atoms with Gasteiger partial charge in [0.05, 0.1) is 35.3 Å². The van der Waals surface area contributed by atoms with E-state index in [1.54, 1.807) is 36.5 Å². The van der Waals surface area contributed by atoms with Crippen molar-refractivity contribution in [2.45, 2.75) is 0 Å². The molecule has 3 N–H and O–H groups in total. The van der Waals surface area contributed by atoms with Crippen LogP contribution in [0.25, 0.3) is 5.69 Å². The molecule has 0 bridgehead atoms. The molecule has 2 aromatic heterocycles. The number of nitrogens with two attached hydrogens (primary N) is 1. The molecule has 0 atom stereocenters. The van der Waals surface area contributed by atoms with Gasteiger partial charge >= 0.3 is 6.09 Å². The van der Waals surface area contributed by atoms with Gasteiger partial charge < -0.3 is 10.5 Å². The second-order valence-electron chi connectivity index (χ2n) is 5.25. The number of anilines is 2. The highest BCUT2D eigenvalue weighted by molar-refractivity contribution is 6.30. The monoisotopic (exact) mass is 371 g/mol. The average Bonchev–Trinajstić information content (AvgIpc) is 3.11. The lowest BCUT2D eigenvalue weighted by Crippen LogP contribution is -2.11. The number of nitrogens with one attached hydrogen (secondary N) is 1. The smallest absolute Gasteiger partial charge is 0.411 e. The number of benzene rings is 1. The number of ether oxygens (including phenoxy) is 1. The number of pyridine rings is 1. The minimum atomic E-state index is -0.598. The van der Waals surface area contributed by atoms with Gasteiger partial charge in [-0.25, -0.2) is 9.48 Å². The SMILES string of the molecule is COC(=O)Nc1ccc(-n2cc(C(=O)c3ccc(Cl)cn3)cn2)c(N)c1. The first kappa shape index (κ1) is 17.4. The number of nitrogens with zero attached hydrogens (tertiary/aromatic N) is 3. The summed E-state index contributed by atoms with van der Waals surface area (Å²) in [6.45, 7) is 0. The molecule has 3 rings (SSSR count). The molecular formula is C17H14ClN5O3. The molecule has 0 saturated heterocycles. The van der Waals surface area contributed by atoms with E-state index in [1.165, 1.54) is 24.2 Å². The normalized spacial score (nSPS) is 10.4. The van der Waals surface area contributed by atoms with Gasteiger partial charge in [-0.2, -0.15) is 5.10 Å². The predicted molar refractivity (Wildman–Crippen MR) is 96.7 cm³/mol. The summed E-state index contributed by atoms with van der Waals surface area (Å²) in [5.74, 6) is -0.282. The van der Waals surface area contributed by atoms with Crippen molar-refractivity contribution in [1.82, 2.24) is 14.8 Å². The molecule has 3 aromatic rings. The summed E-state index contributed by atoms with van der Waals surface area (Å²) >= 11 is 5.78. The van der Waals surface area contributed by atoms with E-state index in [9.17, 15) is 9.59 Å². The minimum Gasteiger partial charge on any atom is -0.453 e. The standard InChI is InChI=1S/C17H14ClN5O3/c1-26-17(25)22-12-3-5-15(13(19)6-12)23-9-10(7-21-23)16(24)14-4-2-11(18)8-20-14/h2-9H,19H2,1H3,(H,22,25). The van der Waals surface area contributed by atoms with Crippen molar-refractivity contribution in [1.29, 1.82) is 0 Å². The summed E-state index contributed by atoms with van der Waals surface area (Å²) in [6.07, 6.45) is 3.79. The van der Waals surface area contributed by atoms with Crippen LogP contribution in [0.15, 0.2) is 48.9 Å². The Bertz CT molecular complexity index is 969. The first-order valence-corrected chi connectivity index (χ1v) is 7.81. The van der Waals surface area contributed by atoms with Crippen molar-refractivity contribution in [3.63, 3.8) is 0 Å². The van der Waals surface area contributed by atoms with Crippen molar-refractivity contribution in [3.05, 3.63) is 65.2 Å². The van der Waals surface area contributed by atoms with Crippen LogP contribution in [0.5, 0.6) is 0 Å². The molecule has 1 aromatic carbocycles. The Morgan fingerprint density at radius 2 is 2.04 bits per heavy atom. The van der Waals surface area contributed by atoms with Crippen molar-refractivity contribution in [2.24, 2.45) is 0 Å². The average molecular weight is 372 g/mol. The molecule has 0 aliphatic heterocycles. The molecule has 132 valence electrons. The maximum absolute atomic E-state index is 12.4. The van der Waals surface area contributed by atoms with E-state index in [-0.39, 0.29) is 11.5 Å². The van der Waals surface area contributed by atoms with Crippen LogP contribution in [0.3, 0.4) is 0 Å². The summed E-state index contributed by atoms with van der Waals surface area (Å²) in [7, 11) is 1.27. The zero-order valence-corrected chi connectivity index (χ0v) is 14.4. The van der Waals surface area contributed by atoms with Crippen LogP contribution in [-0.2, 0) is 4.74 Å². The van der Waals surface area contributed by atoms with Crippen LogP contribution in [0.2, 0.25) is 5.02 Å². The highest BCUT2D eigenvalue weighted by Gasteiger charge is 2.14. The number of ketones is 1. The van der Waals surface area contributed by atoms with E-state index in [0.29, 0.717) is 27.6 Å². The molecule has 8 nitrogen and oxygen atoms in total. The summed E-state index contributed by atoms with van der Waals surface area (Å²) in [5.41, 5.74) is 8.04. The van der Waals surface area contributed by atoms with Gasteiger partial charge in [-0.1, -0.05) is 11.6 Å². The second kappa shape index (κ2) is 7.24. The number of methoxy groups -OCH3 is 1. The largest absolute Gasteiger partial charge is 0.453 e. The molecule has 1 amide bonds. The molecule has 0 saturated carbocycles. The van der Waals surface area contributed by atoms with Crippen LogP contribution in [-0.4, -0.2) is 33.8 Å². The zero-order valence-electron chi connectivity index (χ0n) is 13.6. The first-order chi connectivity index (χ1) is 12.5. The van der Waals surface area contributed by atoms with Gasteiger partial charge in [0.2, 0.25) is 5.78 Å². The summed E-state index contributed by atoms with van der Waals surface area (Å²) in [4.78, 5) is 27.7. The van der Waals surface area contributed by atoms with E-state index < -0.39 is 6.09 Å². The Morgan fingerprint density at radius 1 is 1.23 bits per heavy atom. The Labute approximate surface area is 153 Å². The third kappa shape index (κ3) is 3.65. The molecule has 26 heavy (non-hydrogen) atoms. The second-order valence-corrected chi connectivity index (χ2v) is 5.69. The Hall–Kier alpha value is -3.39. The lowest BCUT2D eigenvalue weighted by molar-refractivity contribution is 0.103. The maximum Gasteiger partial charge on any atom is 0.411 e. The highest BCUT2D eigenvalue weighted by atomic mass is 35.5. The molecule has 2 heterocycles. The number of amides is 1. The van der Waals surface area contributed by atoms with Crippen molar-refractivity contribution >= 4 is 34.9 Å². The molecule has 0 aliphatic rings. The van der Waals surface area contributed by atoms with Gasteiger partial charge in [-0.15, -0.1) is 0 Å². The minimum absolute atomic E-state index is 0.263. The fourth-order valence-corrected chi connectivity index (χ4v) is 2.35. The number of halogens is 1. The van der Waals surface area contributed by atoms with E-state index in [1.807, 2.05) is 0 Å². The molecule has 9 heteroatoms. The molecule has 0 spiro atoms. The highest BCUT2D eigenvalue weighted by Crippen LogP contribution is 2.22. The fraction of sp³-hybridized carbons (Fsp3) is 0.0588. The van der Waals surface area contributed by atoms with E-state index >= 15 is 0 Å². The van der Waals surface area contributed by atoms with Gasteiger partial charge in [0.1, 0.15) is 5.69 Å². The third-order valence-electron chi connectivity index (χ3n) is 3.51. The summed E-state index contributed by atoms with van der Waals surface area (Å²) < 4.78 is 6.00. The van der Waals surface area contributed by atoms with E-state index in [2.05, 4.69) is 20.1 Å². The van der Waals surface area contributed by atoms with Crippen LogP contribution in [0, 0.1) is 0 Å². The number of hydrogen-bond acceptors (Lipinski definition) is 6. The lowest BCUT2D eigenvalue weighted by Gasteiger charge is -2.09. The Morgan fingerprint density at radius 3 is 2.69 bits per heavy atom. The lowest BCUT2D eigenvalue weighted by atomic mass is 10.1. The summed E-state index contributed by atoms with van der Waals surface area (Å²) in [6, 6.07) is 8.02. The first-order valence-electron chi connectivity index (χ1n) is 7.43. The Balaban J connectivity index is 1.84. The quantitative estimate of drug-likeness (QED) is 0.538. The predicted octanol–water partition coefficient (Wildman–Crippen LogP) is 2.91. The van der Waals surface area contributed by atoms with Crippen molar-refractivity contribution in [2.75, 3.05) is 18.2 Å². The summed E-state index contributed by atoms with van der Waals surface area (Å²) in [5, 5.41) is 7.13. The molecule has 0 radical (unpaired) electrons. The van der Waals surface area contributed by atoms with Crippen LogP contribution >= 0.6 is 11.6 Å². The molecular weight excluding hydrogens is 358 g/mol. The van der Waals surface area contributed by atoms with Crippen LogP contribution < -0.4 is 11.1 Å². The van der Waals surface area contributed by atoms with Gasteiger partial charge in [0.25, 0.3) is 0 Å². The third-order valence-corrected chi connectivity index (χ3v) is 3.73. The number of aromatic nitrogens is 3.